The van der Waals surface area contributed by atoms with Crippen LogP contribution in [0.3, 0.4) is 0 Å². The lowest BCUT2D eigenvalue weighted by molar-refractivity contribution is 0.0775. The lowest BCUT2D eigenvalue weighted by atomic mass is 10.0. The minimum Gasteiger partial charge on any atom is -0.486 e. The standard InChI is InChI=1S/C15H20N2O3/c1-10(16)11-5-6-17(9-11)15(18)12-3-2-4-13-14(12)20-8-7-19-13/h2-4,10-11H,5-9,16H2,1H3. The second-order valence-electron chi connectivity index (χ2n) is 5.49. The topological polar surface area (TPSA) is 64.8 Å². The Kier molecular flexibility index (Phi) is 3.53. The zero-order valence-corrected chi connectivity index (χ0v) is 11.7. The SMILES string of the molecule is CC(N)C1CCN(C(=O)c2cccc3c2OCCO3)C1. The second-order valence-corrected chi connectivity index (χ2v) is 5.49. The molecule has 5 heteroatoms. The Bertz CT molecular complexity index is 516. The van der Waals surface area contributed by atoms with Crippen molar-refractivity contribution in [2.24, 2.45) is 11.7 Å². The predicted octanol–water partition coefficient (Wildman–Crippen LogP) is 1.27. The number of carbonyl (C=O) groups excluding carboxylic acids is 1. The molecule has 1 amide bonds. The first kappa shape index (κ1) is 13.2. The predicted molar refractivity (Wildman–Crippen MR) is 75.1 cm³/mol. The molecule has 2 aliphatic heterocycles. The second kappa shape index (κ2) is 5.32. The van der Waals surface area contributed by atoms with Gasteiger partial charge in [-0.3, -0.25) is 4.79 Å². The van der Waals surface area contributed by atoms with Gasteiger partial charge in [0.25, 0.3) is 5.91 Å². The maximum absolute atomic E-state index is 12.6. The van der Waals surface area contributed by atoms with Crippen LogP contribution in [0.1, 0.15) is 23.7 Å². The molecule has 2 heterocycles. The van der Waals surface area contributed by atoms with Gasteiger partial charge in [-0.15, -0.1) is 0 Å². The van der Waals surface area contributed by atoms with Gasteiger partial charge < -0.3 is 20.1 Å². The molecule has 0 aromatic heterocycles. The zero-order valence-electron chi connectivity index (χ0n) is 11.7. The largest absolute Gasteiger partial charge is 0.486 e. The Balaban J connectivity index is 1.81. The van der Waals surface area contributed by atoms with Crippen molar-refractivity contribution in [3.8, 4) is 11.5 Å². The van der Waals surface area contributed by atoms with E-state index in [1.54, 1.807) is 6.07 Å². The molecule has 2 N–H and O–H groups in total. The third-order valence-corrected chi connectivity index (χ3v) is 4.05. The first-order valence-electron chi connectivity index (χ1n) is 7.10. The van der Waals surface area contributed by atoms with Gasteiger partial charge in [-0.05, 0) is 31.4 Å². The van der Waals surface area contributed by atoms with E-state index in [1.165, 1.54) is 0 Å². The summed E-state index contributed by atoms with van der Waals surface area (Å²) in [7, 11) is 0. The minimum absolute atomic E-state index is 0.00972. The molecule has 20 heavy (non-hydrogen) atoms. The molecule has 0 aliphatic carbocycles. The maximum Gasteiger partial charge on any atom is 0.257 e. The van der Waals surface area contributed by atoms with Crippen molar-refractivity contribution >= 4 is 5.91 Å². The van der Waals surface area contributed by atoms with Crippen LogP contribution >= 0.6 is 0 Å². The molecule has 1 aromatic carbocycles. The summed E-state index contributed by atoms with van der Waals surface area (Å²) in [5.74, 6) is 1.63. The molecule has 108 valence electrons. The molecule has 0 bridgehead atoms. The quantitative estimate of drug-likeness (QED) is 0.883. The van der Waals surface area contributed by atoms with E-state index < -0.39 is 0 Å². The van der Waals surface area contributed by atoms with Crippen LogP contribution in [0.25, 0.3) is 0 Å². The third-order valence-electron chi connectivity index (χ3n) is 4.05. The van der Waals surface area contributed by atoms with Gasteiger partial charge in [0.1, 0.15) is 13.2 Å². The Morgan fingerprint density at radius 2 is 2.20 bits per heavy atom. The van der Waals surface area contributed by atoms with Crippen molar-refractivity contribution < 1.29 is 14.3 Å². The summed E-state index contributed by atoms with van der Waals surface area (Å²) in [5, 5.41) is 0. The van der Waals surface area contributed by atoms with Crippen molar-refractivity contribution in [1.82, 2.24) is 4.90 Å². The van der Waals surface area contributed by atoms with E-state index in [2.05, 4.69) is 0 Å². The van der Waals surface area contributed by atoms with Crippen molar-refractivity contribution in [2.75, 3.05) is 26.3 Å². The Labute approximate surface area is 118 Å². The number of rotatable bonds is 2. The highest BCUT2D eigenvalue weighted by Gasteiger charge is 2.31. The summed E-state index contributed by atoms with van der Waals surface area (Å²) in [5.41, 5.74) is 6.52. The first-order chi connectivity index (χ1) is 9.66. The lowest BCUT2D eigenvalue weighted by Gasteiger charge is -2.23. The van der Waals surface area contributed by atoms with E-state index in [0.29, 0.717) is 36.2 Å². The number of fused-ring (bicyclic) bond motifs is 1. The summed E-state index contributed by atoms with van der Waals surface area (Å²) in [6.45, 7) is 4.50. The molecule has 0 saturated carbocycles. The fourth-order valence-electron chi connectivity index (χ4n) is 2.81. The highest BCUT2D eigenvalue weighted by atomic mass is 16.6. The molecule has 0 radical (unpaired) electrons. The van der Waals surface area contributed by atoms with Crippen LogP contribution in [0.2, 0.25) is 0 Å². The maximum atomic E-state index is 12.6. The smallest absolute Gasteiger partial charge is 0.257 e. The first-order valence-corrected chi connectivity index (χ1v) is 7.10. The number of likely N-dealkylation sites (tertiary alicyclic amines) is 1. The van der Waals surface area contributed by atoms with Crippen LogP contribution in [0, 0.1) is 5.92 Å². The molecule has 2 unspecified atom stereocenters. The van der Waals surface area contributed by atoms with Crippen molar-refractivity contribution in [3.63, 3.8) is 0 Å². The van der Waals surface area contributed by atoms with Crippen LogP contribution in [-0.2, 0) is 0 Å². The third kappa shape index (κ3) is 2.33. The summed E-state index contributed by atoms with van der Waals surface area (Å²) >= 11 is 0. The van der Waals surface area contributed by atoms with Crippen LogP contribution in [0.15, 0.2) is 18.2 Å². The number of para-hydroxylation sites is 1. The van der Waals surface area contributed by atoms with Crippen LogP contribution < -0.4 is 15.2 Å². The fourth-order valence-corrected chi connectivity index (χ4v) is 2.81. The number of nitrogens with two attached hydrogens (primary N) is 1. The number of ether oxygens (including phenoxy) is 2. The zero-order chi connectivity index (χ0) is 14.1. The van der Waals surface area contributed by atoms with Gasteiger partial charge in [-0.2, -0.15) is 0 Å². The monoisotopic (exact) mass is 276 g/mol. The Hall–Kier alpha value is -1.75. The molecule has 2 aliphatic rings. The summed E-state index contributed by atoms with van der Waals surface area (Å²) in [6, 6.07) is 5.59. The molecule has 3 rings (SSSR count). The molecule has 1 fully saturated rings. The molecule has 1 saturated heterocycles. The highest BCUT2D eigenvalue weighted by molar-refractivity contribution is 5.98. The van der Waals surface area contributed by atoms with Crippen LogP contribution in [0.4, 0.5) is 0 Å². The number of hydrogen-bond acceptors (Lipinski definition) is 4. The van der Waals surface area contributed by atoms with E-state index >= 15 is 0 Å². The molecule has 1 aromatic rings. The number of nitrogens with zero attached hydrogens (tertiary/aromatic N) is 1. The van der Waals surface area contributed by atoms with E-state index in [-0.39, 0.29) is 11.9 Å². The number of carbonyl (C=O) groups is 1. The van der Waals surface area contributed by atoms with Crippen molar-refractivity contribution in [2.45, 2.75) is 19.4 Å². The number of amides is 1. The van der Waals surface area contributed by atoms with Gasteiger partial charge >= 0.3 is 0 Å². The van der Waals surface area contributed by atoms with E-state index in [9.17, 15) is 4.79 Å². The van der Waals surface area contributed by atoms with Gasteiger partial charge in [0.2, 0.25) is 0 Å². The van der Waals surface area contributed by atoms with Gasteiger partial charge in [0, 0.05) is 19.1 Å². The van der Waals surface area contributed by atoms with E-state index in [4.69, 9.17) is 15.2 Å². The van der Waals surface area contributed by atoms with Gasteiger partial charge in [0.05, 0.1) is 5.56 Å². The number of benzene rings is 1. The molecule has 2 atom stereocenters. The average Bonchev–Trinajstić information content (AvgIpc) is 2.96. The minimum atomic E-state index is 0.00972. The summed E-state index contributed by atoms with van der Waals surface area (Å²) in [6.07, 6.45) is 0.968. The molecule has 5 nitrogen and oxygen atoms in total. The van der Waals surface area contributed by atoms with Gasteiger partial charge in [-0.1, -0.05) is 6.07 Å². The lowest BCUT2D eigenvalue weighted by Crippen LogP contribution is -2.33. The highest BCUT2D eigenvalue weighted by Crippen LogP contribution is 2.35. The van der Waals surface area contributed by atoms with Crippen molar-refractivity contribution in [3.05, 3.63) is 23.8 Å². The Morgan fingerprint density at radius 3 is 2.95 bits per heavy atom. The molecular formula is C15H20N2O3. The fraction of sp³-hybridized carbons (Fsp3) is 0.533. The van der Waals surface area contributed by atoms with Gasteiger partial charge in [-0.25, -0.2) is 0 Å². The Morgan fingerprint density at radius 1 is 1.40 bits per heavy atom. The van der Waals surface area contributed by atoms with Crippen LogP contribution in [0.5, 0.6) is 11.5 Å². The number of hydrogen-bond donors (Lipinski definition) is 1. The molecule has 0 spiro atoms. The molecular weight excluding hydrogens is 256 g/mol. The van der Waals surface area contributed by atoms with Gasteiger partial charge in [0.15, 0.2) is 11.5 Å². The average molecular weight is 276 g/mol. The van der Waals surface area contributed by atoms with Crippen LogP contribution in [-0.4, -0.2) is 43.2 Å². The summed E-state index contributed by atoms with van der Waals surface area (Å²) in [4.78, 5) is 14.5. The van der Waals surface area contributed by atoms with E-state index in [1.807, 2.05) is 24.0 Å². The van der Waals surface area contributed by atoms with Crippen molar-refractivity contribution in [1.29, 1.82) is 0 Å². The van der Waals surface area contributed by atoms with E-state index in [0.717, 1.165) is 19.5 Å². The normalized spacial score (nSPS) is 22.7. The summed E-state index contributed by atoms with van der Waals surface area (Å²) < 4.78 is 11.1.